The Morgan fingerprint density at radius 3 is 2.52 bits per heavy atom. The van der Waals surface area contributed by atoms with Gasteiger partial charge < -0.3 is 19.7 Å². The smallest absolute Gasteiger partial charge is 0.341 e. The molecule has 0 heterocycles. The number of hydrogen-bond acceptors (Lipinski definition) is 6. The Bertz CT molecular complexity index is 1160. The Balaban J connectivity index is 1.77. The maximum Gasteiger partial charge on any atom is 0.341 e. The summed E-state index contributed by atoms with van der Waals surface area (Å²) in [5, 5.41) is 24.6. The van der Waals surface area contributed by atoms with E-state index in [0.717, 1.165) is 10.8 Å². The number of aliphatic carboxylic acids is 1. The van der Waals surface area contributed by atoms with Crippen LogP contribution in [0.4, 0.5) is 0 Å². The van der Waals surface area contributed by atoms with Crippen molar-refractivity contribution in [1.82, 2.24) is 5.43 Å². The highest BCUT2D eigenvalue weighted by molar-refractivity contribution is 14.1. The van der Waals surface area contributed by atoms with E-state index in [9.17, 15) is 14.7 Å². The molecule has 9 heteroatoms. The number of benzene rings is 3. The third-order valence-electron chi connectivity index (χ3n) is 4.16. The van der Waals surface area contributed by atoms with Gasteiger partial charge in [-0.15, -0.1) is 0 Å². The topological polar surface area (TPSA) is 117 Å². The molecule has 0 aliphatic rings. The van der Waals surface area contributed by atoms with Crippen molar-refractivity contribution in [2.45, 2.75) is 6.92 Å². The predicted octanol–water partition coefficient (Wildman–Crippen LogP) is 3.78. The third kappa shape index (κ3) is 5.63. The highest BCUT2D eigenvalue weighted by atomic mass is 127. The first-order chi connectivity index (χ1) is 14.9. The molecule has 0 atom stereocenters. The number of nitrogens with one attached hydrogen (secondary N) is 1. The molecule has 0 saturated carbocycles. The Labute approximate surface area is 191 Å². The van der Waals surface area contributed by atoms with Gasteiger partial charge in [-0.3, -0.25) is 4.79 Å². The lowest BCUT2D eigenvalue weighted by Crippen LogP contribution is -2.17. The van der Waals surface area contributed by atoms with Gasteiger partial charge in [-0.2, -0.15) is 5.10 Å². The van der Waals surface area contributed by atoms with Crippen LogP contribution in [0.25, 0.3) is 10.8 Å². The number of amides is 1. The summed E-state index contributed by atoms with van der Waals surface area (Å²) in [6.07, 6.45) is 1.42. The van der Waals surface area contributed by atoms with Crippen LogP contribution in [0.3, 0.4) is 0 Å². The average molecular weight is 534 g/mol. The van der Waals surface area contributed by atoms with Gasteiger partial charge in [0.25, 0.3) is 5.91 Å². The fourth-order valence-electron chi connectivity index (χ4n) is 2.84. The normalized spacial score (nSPS) is 10.9. The second-order valence-corrected chi connectivity index (χ2v) is 7.52. The summed E-state index contributed by atoms with van der Waals surface area (Å²) >= 11 is 2.00. The van der Waals surface area contributed by atoms with Crippen LogP contribution in [0.2, 0.25) is 0 Å². The van der Waals surface area contributed by atoms with Gasteiger partial charge in [0.2, 0.25) is 0 Å². The van der Waals surface area contributed by atoms with Gasteiger partial charge in [0.15, 0.2) is 18.1 Å². The molecule has 3 aromatic rings. The molecule has 8 nitrogen and oxygen atoms in total. The van der Waals surface area contributed by atoms with Crippen molar-refractivity contribution in [3.8, 4) is 17.2 Å². The number of nitrogens with zero attached hydrogens (tertiary/aromatic N) is 1. The van der Waals surface area contributed by atoms with E-state index in [4.69, 9.17) is 14.6 Å². The minimum absolute atomic E-state index is 0.109. The van der Waals surface area contributed by atoms with E-state index < -0.39 is 18.5 Å². The number of hydrazone groups is 1. The van der Waals surface area contributed by atoms with E-state index >= 15 is 0 Å². The fraction of sp³-hybridized carbons (Fsp3) is 0.136. The SMILES string of the molecule is CCOc1cc(C=NNC(=O)c2cc3ccccc3cc2O)cc(I)c1OCC(=O)O. The summed E-state index contributed by atoms with van der Waals surface area (Å²) in [6, 6.07) is 13.9. The fourth-order valence-corrected chi connectivity index (χ4v) is 3.62. The average Bonchev–Trinajstić information content (AvgIpc) is 2.72. The molecule has 160 valence electrons. The molecule has 0 fully saturated rings. The molecule has 0 unspecified atom stereocenters. The predicted molar refractivity (Wildman–Crippen MR) is 124 cm³/mol. The molecular weight excluding hydrogens is 515 g/mol. The maximum absolute atomic E-state index is 12.5. The van der Waals surface area contributed by atoms with E-state index in [0.29, 0.717) is 27.2 Å². The zero-order valence-electron chi connectivity index (χ0n) is 16.5. The zero-order chi connectivity index (χ0) is 22.4. The lowest BCUT2D eigenvalue weighted by atomic mass is 10.1. The number of carboxylic acids is 1. The Kier molecular flexibility index (Phi) is 7.29. The summed E-state index contributed by atoms with van der Waals surface area (Å²) in [4.78, 5) is 23.2. The molecule has 0 saturated heterocycles. The van der Waals surface area contributed by atoms with Gasteiger partial charge >= 0.3 is 5.97 Å². The van der Waals surface area contributed by atoms with Crippen molar-refractivity contribution in [2.24, 2.45) is 5.10 Å². The number of hydrogen-bond donors (Lipinski definition) is 3. The minimum Gasteiger partial charge on any atom is -0.507 e. The number of aromatic hydroxyl groups is 1. The number of carbonyl (C=O) groups excluding carboxylic acids is 1. The molecular formula is C22H19IN2O6. The van der Waals surface area contributed by atoms with Crippen LogP contribution < -0.4 is 14.9 Å². The molecule has 3 N–H and O–H groups in total. The summed E-state index contributed by atoms with van der Waals surface area (Å²) < 4.78 is 11.5. The van der Waals surface area contributed by atoms with E-state index in [1.807, 2.05) is 46.9 Å². The van der Waals surface area contributed by atoms with Gasteiger partial charge in [-0.05, 0) is 70.1 Å². The molecule has 3 aromatic carbocycles. The first-order valence-electron chi connectivity index (χ1n) is 9.25. The van der Waals surface area contributed by atoms with Crippen molar-refractivity contribution >= 4 is 51.5 Å². The number of carbonyl (C=O) groups is 2. The van der Waals surface area contributed by atoms with Gasteiger partial charge in [-0.25, -0.2) is 10.2 Å². The summed E-state index contributed by atoms with van der Waals surface area (Å²) in [5.41, 5.74) is 3.12. The largest absolute Gasteiger partial charge is 0.507 e. The first-order valence-corrected chi connectivity index (χ1v) is 10.3. The molecule has 0 bridgehead atoms. The van der Waals surface area contributed by atoms with Gasteiger partial charge in [0.05, 0.1) is 22.0 Å². The molecule has 3 rings (SSSR count). The van der Waals surface area contributed by atoms with Crippen molar-refractivity contribution in [3.05, 3.63) is 63.2 Å². The summed E-state index contributed by atoms with van der Waals surface area (Å²) in [5.74, 6) is -1.09. The monoisotopic (exact) mass is 534 g/mol. The third-order valence-corrected chi connectivity index (χ3v) is 4.96. The number of carboxylic acid groups (broad SMARTS) is 1. The maximum atomic E-state index is 12.5. The van der Waals surface area contributed by atoms with Gasteiger partial charge in [-0.1, -0.05) is 24.3 Å². The van der Waals surface area contributed by atoms with Crippen molar-refractivity contribution < 1.29 is 29.3 Å². The van der Waals surface area contributed by atoms with E-state index in [1.165, 1.54) is 12.3 Å². The Hall–Kier alpha value is -3.34. The Morgan fingerprint density at radius 1 is 1.13 bits per heavy atom. The van der Waals surface area contributed by atoms with Crippen molar-refractivity contribution in [1.29, 1.82) is 0 Å². The van der Waals surface area contributed by atoms with Crippen LogP contribution in [0.5, 0.6) is 17.2 Å². The Morgan fingerprint density at radius 2 is 1.84 bits per heavy atom. The van der Waals surface area contributed by atoms with Crippen LogP contribution in [-0.4, -0.2) is 41.5 Å². The van der Waals surface area contributed by atoms with E-state index in [1.54, 1.807) is 25.1 Å². The van der Waals surface area contributed by atoms with E-state index in [-0.39, 0.29) is 11.3 Å². The zero-order valence-corrected chi connectivity index (χ0v) is 18.6. The number of halogens is 1. The first kappa shape index (κ1) is 22.3. The summed E-state index contributed by atoms with van der Waals surface area (Å²) in [6.45, 7) is 1.66. The minimum atomic E-state index is -1.09. The standard InChI is InChI=1S/C22H19IN2O6/c1-2-30-19-8-13(7-17(23)21(19)31-12-20(27)28)11-24-25-22(29)16-9-14-5-3-4-6-15(14)10-18(16)26/h3-11,26H,2,12H2,1H3,(H,25,29)(H,27,28). The van der Waals surface area contributed by atoms with Crippen LogP contribution >= 0.6 is 22.6 Å². The number of phenols is 1. The molecule has 1 amide bonds. The van der Waals surface area contributed by atoms with Crippen LogP contribution in [-0.2, 0) is 4.79 Å². The van der Waals surface area contributed by atoms with Crippen LogP contribution in [0.1, 0.15) is 22.8 Å². The molecule has 0 aliphatic carbocycles. The number of ether oxygens (including phenoxy) is 2. The lowest BCUT2D eigenvalue weighted by molar-refractivity contribution is -0.139. The summed E-state index contributed by atoms with van der Waals surface area (Å²) in [7, 11) is 0. The second-order valence-electron chi connectivity index (χ2n) is 6.36. The quantitative estimate of drug-likeness (QED) is 0.230. The molecule has 0 spiro atoms. The number of fused-ring (bicyclic) bond motifs is 1. The van der Waals surface area contributed by atoms with Crippen molar-refractivity contribution in [2.75, 3.05) is 13.2 Å². The lowest BCUT2D eigenvalue weighted by Gasteiger charge is -2.13. The van der Waals surface area contributed by atoms with Gasteiger partial charge in [0.1, 0.15) is 5.75 Å². The highest BCUT2D eigenvalue weighted by Crippen LogP contribution is 2.34. The number of phenolic OH excluding ortho intramolecular Hbond substituents is 1. The molecule has 31 heavy (non-hydrogen) atoms. The molecule has 0 aromatic heterocycles. The number of rotatable bonds is 8. The van der Waals surface area contributed by atoms with Crippen LogP contribution in [0, 0.1) is 3.57 Å². The molecule has 0 radical (unpaired) electrons. The van der Waals surface area contributed by atoms with Gasteiger partial charge in [0, 0.05) is 0 Å². The van der Waals surface area contributed by atoms with Crippen LogP contribution in [0.15, 0.2) is 53.6 Å². The van der Waals surface area contributed by atoms with E-state index in [2.05, 4.69) is 10.5 Å². The highest BCUT2D eigenvalue weighted by Gasteiger charge is 2.14. The second kappa shape index (κ2) is 10.1. The molecule has 0 aliphatic heterocycles. The van der Waals surface area contributed by atoms with Crippen molar-refractivity contribution in [3.63, 3.8) is 0 Å².